The monoisotopic (exact) mass is 325 g/mol. The highest BCUT2D eigenvalue weighted by molar-refractivity contribution is 6.30. The highest BCUT2D eigenvalue weighted by atomic mass is 35.5. The van der Waals surface area contributed by atoms with Crippen molar-refractivity contribution in [1.29, 1.82) is 0 Å². The Morgan fingerprint density at radius 3 is 2.77 bits per heavy atom. The van der Waals surface area contributed by atoms with Gasteiger partial charge >= 0.3 is 0 Å². The highest BCUT2D eigenvalue weighted by Crippen LogP contribution is 2.35. The van der Waals surface area contributed by atoms with Crippen molar-refractivity contribution >= 4 is 23.2 Å². The molecule has 0 radical (unpaired) electrons. The molecule has 1 heterocycles. The molecule has 0 aromatic heterocycles. The van der Waals surface area contributed by atoms with Gasteiger partial charge in [-0.15, -0.1) is 0 Å². The molecule has 2 unspecified atom stereocenters. The first-order chi connectivity index (χ1) is 10.6. The Morgan fingerprint density at radius 1 is 1.32 bits per heavy atom. The summed E-state index contributed by atoms with van der Waals surface area (Å²) in [7, 11) is 0. The van der Waals surface area contributed by atoms with Crippen LogP contribution < -0.4 is 16.0 Å². The Hall–Kier alpha value is -1.33. The van der Waals surface area contributed by atoms with Crippen LogP contribution in [0, 0.1) is 11.7 Å². The molecule has 3 N–H and O–H groups in total. The SMILES string of the molecule is O=C(NC1CCCNC1)C(Nc1cc(F)cc(Cl)c1)C1CC1. The third-order valence-corrected chi connectivity index (χ3v) is 4.42. The van der Waals surface area contributed by atoms with Crippen LogP contribution in [0.1, 0.15) is 25.7 Å². The average molecular weight is 326 g/mol. The van der Waals surface area contributed by atoms with Gasteiger partial charge in [0.2, 0.25) is 5.91 Å². The fourth-order valence-corrected chi connectivity index (χ4v) is 3.13. The average Bonchev–Trinajstić information content (AvgIpc) is 3.29. The van der Waals surface area contributed by atoms with E-state index in [1.165, 1.54) is 12.1 Å². The van der Waals surface area contributed by atoms with Crippen LogP contribution in [0.5, 0.6) is 0 Å². The second kappa shape index (κ2) is 6.84. The summed E-state index contributed by atoms with van der Waals surface area (Å²) in [6, 6.07) is 4.14. The zero-order chi connectivity index (χ0) is 15.5. The van der Waals surface area contributed by atoms with Gasteiger partial charge in [-0.3, -0.25) is 4.79 Å². The van der Waals surface area contributed by atoms with Gasteiger partial charge in [-0.2, -0.15) is 0 Å². The molecule has 1 aromatic rings. The number of rotatable bonds is 5. The quantitative estimate of drug-likeness (QED) is 0.780. The molecule has 4 nitrogen and oxygen atoms in total. The third-order valence-electron chi connectivity index (χ3n) is 4.20. The molecule has 22 heavy (non-hydrogen) atoms. The van der Waals surface area contributed by atoms with E-state index in [1.807, 2.05) is 0 Å². The van der Waals surface area contributed by atoms with Crippen LogP contribution in [-0.2, 0) is 4.79 Å². The highest BCUT2D eigenvalue weighted by Gasteiger charge is 2.37. The van der Waals surface area contributed by atoms with Crippen LogP contribution >= 0.6 is 11.6 Å². The lowest BCUT2D eigenvalue weighted by Crippen LogP contribution is -2.51. The minimum Gasteiger partial charge on any atom is -0.373 e. The van der Waals surface area contributed by atoms with Crippen molar-refractivity contribution in [3.8, 4) is 0 Å². The number of nitrogens with one attached hydrogen (secondary N) is 3. The Labute approximate surface area is 134 Å². The molecule has 3 rings (SSSR count). The minimum atomic E-state index is -0.401. The molecule has 0 bridgehead atoms. The van der Waals surface area contributed by atoms with E-state index < -0.39 is 5.82 Å². The van der Waals surface area contributed by atoms with Gasteiger partial charge in [0.25, 0.3) is 0 Å². The van der Waals surface area contributed by atoms with Crippen LogP contribution in [0.3, 0.4) is 0 Å². The number of hydrogen-bond acceptors (Lipinski definition) is 3. The minimum absolute atomic E-state index is 0.00316. The first-order valence-corrected chi connectivity index (χ1v) is 8.23. The molecule has 2 aliphatic rings. The fraction of sp³-hybridized carbons (Fsp3) is 0.562. The summed E-state index contributed by atoms with van der Waals surface area (Å²) < 4.78 is 13.4. The summed E-state index contributed by atoms with van der Waals surface area (Å²) in [5.74, 6) is -0.0865. The van der Waals surface area contributed by atoms with E-state index in [1.54, 1.807) is 6.07 Å². The van der Waals surface area contributed by atoms with E-state index in [2.05, 4.69) is 16.0 Å². The van der Waals surface area contributed by atoms with Gasteiger partial charge in [-0.05, 0) is 56.3 Å². The summed E-state index contributed by atoms with van der Waals surface area (Å²) in [6.07, 6.45) is 4.13. The molecule has 2 fully saturated rings. The number of amides is 1. The molecular formula is C16H21ClFN3O. The Kier molecular flexibility index (Phi) is 4.84. The summed E-state index contributed by atoms with van der Waals surface area (Å²) in [4.78, 5) is 12.5. The molecule has 1 aliphatic heterocycles. The van der Waals surface area contributed by atoms with Gasteiger partial charge in [0.05, 0.1) is 0 Å². The third kappa shape index (κ3) is 4.11. The van der Waals surface area contributed by atoms with Gasteiger partial charge in [-0.1, -0.05) is 11.6 Å². The van der Waals surface area contributed by atoms with Crippen LogP contribution in [0.2, 0.25) is 5.02 Å². The van der Waals surface area contributed by atoms with Gasteiger partial charge in [0.1, 0.15) is 11.9 Å². The van der Waals surface area contributed by atoms with Crippen molar-refractivity contribution < 1.29 is 9.18 Å². The lowest BCUT2D eigenvalue weighted by Gasteiger charge is -2.27. The maximum Gasteiger partial charge on any atom is 0.243 e. The van der Waals surface area contributed by atoms with E-state index in [4.69, 9.17) is 11.6 Å². The molecule has 2 atom stereocenters. The lowest BCUT2D eigenvalue weighted by molar-refractivity contribution is -0.123. The molecule has 1 aromatic carbocycles. The second-order valence-corrected chi connectivity index (χ2v) is 6.61. The van der Waals surface area contributed by atoms with Crippen molar-refractivity contribution in [1.82, 2.24) is 10.6 Å². The molecule has 0 spiro atoms. The van der Waals surface area contributed by atoms with Crippen molar-refractivity contribution in [2.45, 2.75) is 37.8 Å². The van der Waals surface area contributed by atoms with Gasteiger partial charge in [-0.25, -0.2) is 4.39 Å². The van der Waals surface area contributed by atoms with Crippen molar-refractivity contribution in [2.75, 3.05) is 18.4 Å². The summed E-state index contributed by atoms with van der Waals surface area (Å²) >= 11 is 5.88. The molecule has 6 heteroatoms. The standard InChI is InChI=1S/C16H21ClFN3O/c17-11-6-12(18)8-14(7-11)20-15(10-3-4-10)16(22)21-13-2-1-5-19-9-13/h6-8,10,13,15,19-20H,1-5,9H2,(H,21,22). The molecule has 1 saturated carbocycles. The van der Waals surface area contributed by atoms with Gasteiger partial charge in [0.15, 0.2) is 0 Å². The zero-order valence-electron chi connectivity index (χ0n) is 12.4. The van der Waals surface area contributed by atoms with E-state index in [0.29, 0.717) is 16.6 Å². The maximum atomic E-state index is 13.4. The van der Waals surface area contributed by atoms with Gasteiger partial charge < -0.3 is 16.0 Å². The zero-order valence-corrected chi connectivity index (χ0v) is 13.1. The van der Waals surface area contributed by atoms with Crippen LogP contribution in [0.4, 0.5) is 10.1 Å². The molecular weight excluding hydrogens is 305 g/mol. The number of benzene rings is 1. The number of carbonyl (C=O) groups excluding carboxylic acids is 1. The summed E-state index contributed by atoms with van der Waals surface area (Å²) in [5.41, 5.74) is 0.554. The second-order valence-electron chi connectivity index (χ2n) is 6.17. The summed E-state index contributed by atoms with van der Waals surface area (Å²) in [5, 5.41) is 9.87. The van der Waals surface area contributed by atoms with E-state index in [-0.39, 0.29) is 18.0 Å². The number of piperidine rings is 1. The van der Waals surface area contributed by atoms with Crippen molar-refractivity contribution in [3.63, 3.8) is 0 Å². The predicted molar refractivity (Wildman–Crippen MR) is 85.6 cm³/mol. The van der Waals surface area contributed by atoms with Crippen LogP contribution in [0.15, 0.2) is 18.2 Å². The molecule has 1 aliphatic carbocycles. The Morgan fingerprint density at radius 2 is 2.14 bits per heavy atom. The van der Waals surface area contributed by atoms with Gasteiger partial charge in [0, 0.05) is 23.3 Å². The Bertz CT molecular complexity index is 524. The molecule has 1 amide bonds. The Balaban J connectivity index is 1.65. The topological polar surface area (TPSA) is 53.2 Å². The van der Waals surface area contributed by atoms with E-state index >= 15 is 0 Å². The predicted octanol–water partition coefficient (Wildman–Crippen LogP) is 2.54. The molecule has 1 saturated heterocycles. The number of carbonyl (C=O) groups is 1. The maximum absolute atomic E-state index is 13.4. The van der Waals surface area contributed by atoms with Crippen molar-refractivity contribution in [3.05, 3.63) is 29.0 Å². The van der Waals surface area contributed by atoms with Crippen molar-refractivity contribution in [2.24, 2.45) is 5.92 Å². The van der Waals surface area contributed by atoms with E-state index in [0.717, 1.165) is 38.8 Å². The lowest BCUT2D eigenvalue weighted by atomic mass is 10.1. The number of anilines is 1. The largest absolute Gasteiger partial charge is 0.373 e. The molecule has 120 valence electrons. The summed E-state index contributed by atoms with van der Waals surface area (Å²) in [6.45, 7) is 1.83. The van der Waals surface area contributed by atoms with E-state index in [9.17, 15) is 9.18 Å². The number of hydrogen-bond donors (Lipinski definition) is 3. The smallest absolute Gasteiger partial charge is 0.243 e. The van der Waals surface area contributed by atoms with Crippen LogP contribution in [-0.4, -0.2) is 31.1 Å². The first kappa shape index (κ1) is 15.6. The van der Waals surface area contributed by atoms with Crippen LogP contribution in [0.25, 0.3) is 0 Å². The first-order valence-electron chi connectivity index (χ1n) is 7.85. The number of halogens is 2. The normalized spacial score (nSPS) is 22.9. The fourth-order valence-electron chi connectivity index (χ4n) is 2.91.